The van der Waals surface area contributed by atoms with E-state index in [1.807, 2.05) is 0 Å². The maximum atomic E-state index is 13.1. The molecule has 1 atom stereocenters. The van der Waals surface area contributed by atoms with Gasteiger partial charge >= 0.3 is 12.6 Å². The number of nitrogens with zero attached hydrogens (tertiary/aromatic N) is 2. The van der Waals surface area contributed by atoms with E-state index in [9.17, 15) is 28.5 Å². The van der Waals surface area contributed by atoms with E-state index in [2.05, 4.69) is 15.0 Å². The molecule has 1 N–H and O–H groups in total. The molecular formula is C26H19F2N3O6. The van der Waals surface area contributed by atoms with Crippen molar-refractivity contribution >= 4 is 34.2 Å². The molecule has 9 nitrogen and oxygen atoms in total. The van der Waals surface area contributed by atoms with Gasteiger partial charge in [0.25, 0.3) is 11.6 Å². The highest BCUT2D eigenvalue weighted by molar-refractivity contribution is 6.06. The summed E-state index contributed by atoms with van der Waals surface area (Å²) in [6.07, 6.45) is -1.23. The molecule has 0 spiro atoms. The zero-order chi connectivity index (χ0) is 26.5. The van der Waals surface area contributed by atoms with Crippen LogP contribution in [0.2, 0.25) is 0 Å². The third-order valence-electron chi connectivity index (χ3n) is 5.29. The molecule has 4 rings (SSSR count). The summed E-state index contributed by atoms with van der Waals surface area (Å²) in [4.78, 5) is 40.6. The first-order chi connectivity index (χ1) is 17.7. The molecule has 0 saturated carbocycles. The Balaban J connectivity index is 1.57. The van der Waals surface area contributed by atoms with Crippen LogP contribution in [0.25, 0.3) is 22.2 Å². The molecule has 0 aliphatic rings. The number of nitro groups is 1. The van der Waals surface area contributed by atoms with Crippen LogP contribution in [0.1, 0.15) is 17.3 Å². The summed E-state index contributed by atoms with van der Waals surface area (Å²) in [6, 6.07) is 19.4. The fourth-order valence-corrected chi connectivity index (χ4v) is 3.52. The number of hydrogen-bond acceptors (Lipinski definition) is 7. The molecule has 3 aromatic carbocycles. The average molecular weight is 507 g/mol. The summed E-state index contributed by atoms with van der Waals surface area (Å²) < 4.78 is 34.7. The normalized spacial score (nSPS) is 11.7. The van der Waals surface area contributed by atoms with E-state index in [-0.39, 0.29) is 22.7 Å². The largest absolute Gasteiger partial charge is 0.449 e. The number of nitro benzene ring substituents is 1. The average Bonchev–Trinajstić information content (AvgIpc) is 2.88. The summed E-state index contributed by atoms with van der Waals surface area (Å²) in [7, 11) is 0. The number of hydrogen-bond donors (Lipinski definition) is 1. The number of anilines is 1. The van der Waals surface area contributed by atoms with Crippen molar-refractivity contribution < 1.29 is 32.8 Å². The van der Waals surface area contributed by atoms with Gasteiger partial charge in [-0.05, 0) is 49.4 Å². The van der Waals surface area contributed by atoms with E-state index in [0.29, 0.717) is 22.2 Å². The van der Waals surface area contributed by atoms with Crippen LogP contribution in [0, 0.1) is 10.1 Å². The zero-order valence-corrected chi connectivity index (χ0v) is 19.3. The van der Waals surface area contributed by atoms with Gasteiger partial charge in [0, 0.05) is 28.8 Å². The fourth-order valence-electron chi connectivity index (χ4n) is 3.52. The highest BCUT2D eigenvalue weighted by Crippen LogP contribution is 2.27. The minimum Gasteiger partial charge on any atom is -0.449 e. The zero-order valence-electron chi connectivity index (χ0n) is 19.3. The lowest BCUT2D eigenvalue weighted by atomic mass is 10.0. The Morgan fingerprint density at radius 2 is 1.73 bits per heavy atom. The molecule has 1 heterocycles. The molecule has 11 heteroatoms. The molecule has 0 aliphatic heterocycles. The number of non-ortho nitro benzene ring substituents is 1. The molecule has 37 heavy (non-hydrogen) atoms. The van der Waals surface area contributed by atoms with Crippen molar-refractivity contribution in [2.45, 2.75) is 19.6 Å². The monoisotopic (exact) mass is 507 g/mol. The Labute approximate surface area is 208 Å². The lowest BCUT2D eigenvalue weighted by Crippen LogP contribution is -2.30. The van der Waals surface area contributed by atoms with Crippen LogP contribution in [0.5, 0.6) is 5.75 Å². The standard InChI is InChI=1S/C26H19F2N3O6/c1-15(24(32)29-17-5-4-6-18(13-17)31(34)35)36-25(33)21-14-23(30-22-8-3-2-7-20(21)22)16-9-11-19(12-10-16)37-26(27)28/h2-15,26H,1H3,(H,29,32). The van der Waals surface area contributed by atoms with E-state index in [4.69, 9.17) is 4.74 Å². The number of carbonyl (C=O) groups is 2. The number of para-hydroxylation sites is 1. The van der Waals surface area contributed by atoms with Crippen molar-refractivity contribution in [3.05, 3.63) is 94.5 Å². The van der Waals surface area contributed by atoms with Gasteiger partial charge in [-0.3, -0.25) is 14.9 Å². The molecule has 1 unspecified atom stereocenters. The van der Waals surface area contributed by atoms with Crippen molar-refractivity contribution in [2.75, 3.05) is 5.32 Å². The number of aromatic nitrogens is 1. The van der Waals surface area contributed by atoms with Crippen LogP contribution < -0.4 is 10.1 Å². The summed E-state index contributed by atoms with van der Waals surface area (Å²) >= 11 is 0. The van der Waals surface area contributed by atoms with E-state index in [1.54, 1.807) is 24.3 Å². The van der Waals surface area contributed by atoms with Crippen molar-refractivity contribution in [1.82, 2.24) is 4.98 Å². The highest BCUT2D eigenvalue weighted by Gasteiger charge is 2.22. The summed E-state index contributed by atoms with van der Waals surface area (Å²) in [5.41, 5.74) is 1.52. The Morgan fingerprint density at radius 1 is 1.00 bits per heavy atom. The van der Waals surface area contributed by atoms with Gasteiger partial charge in [0.15, 0.2) is 6.10 Å². The van der Waals surface area contributed by atoms with E-state index in [0.717, 1.165) is 0 Å². The maximum Gasteiger partial charge on any atom is 0.387 e. The van der Waals surface area contributed by atoms with Gasteiger partial charge in [-0.25, -0.2) is 9.78 Å². The van der Waals surface area contributed by atoms with Gasteiger partial charge in [-0.15, -0.1) is 0 Å². The topological polar surface area (TPSA) is 121 Å². The summed E-state index contributed by atoms with van der Waals surface area (Å²) in [6.45, 7) is -1.58. The molecule has 4 aromatic rings. The SMILES string of the molecule is CC(OC(=O)c1cc(-c2ccc(OC(F)F)cc2)nc2ccccc12)C(=O)Nc1cccc([N+](=O)[O-])c1. The fraction of sp³-hybridized carbons (Fsp3) is 0.115. The van der Waals surface area contributed by atoms with Crippen LogP contribution in [-0.2, 0) is 9.53 Å². The molecule has 0 fully saturated rings. The van der Waals surface area contributed by atoms with E-state index < -0.39 is 29.5 Å². The lowest BCUT2D eigenvalue weighted by Gasteiger charge is -2.15. The number of pyridine rings is 1. The van der Waals surface area contributed by atoms with Crippen LogP contribution in [0.15, 0.2) is 78.9 Å². The number of amides is 1. The molecule has 0 radical (unpaired) electrons. The number of nitrogens with one attached hydrogen (secondary N) is 1. The van der Waals surface area contributed by atoms with E-state index in [1.165, 1.54) is 61.5 Å². The van der Waals surface area contributed by atoms with Gasteiger partial charge in [0.1, 0.15) is 5.75 Å². The Morgan fingerprint density at radius 3 is 2.43 bits per heavy atom. The first-order valence-corrected chi connectivity index (χ1v) is 10.9. The quantitative estimate of drug-likeness (QED) is 0.187. The van der Waals surface area contributed by atoms with E-state index >= 15 is 0 Å². The number of benzene rings is 3. The second-order valence-corrected chi connectivity index (χ2v) is 7.82. The van der Waals surface area contributed by atoms with Crippen molar-refractivity contribution in [3.8, 4) is 17.0 Å². The van der Waals surface area contributed by atoms with Gasteiger partial charge in [0.05, 0.1) is 21.7 Å². The van der Waals surface area contributed by atoms with Crippen LogP contribution >= 0.6 is 0 Å². The molecule has 0 aliphatic carbocycles. The number of ether oxygens (including phenoxy) is 2. The van der Waals surface area contributed by atoms with Gasteiger partial charge in [-0.1, -0.05) is 24.3 Å². The number of halogens is 2. The molecule has 1 aromatic heterocycles. The number of fused-ring (bicyclic) bond motifs is 1. The highest BCUT2D eigenvalue weighted by atomic mass is 19.3. The van der Waals surface area contributed by atoms with Crippen LogP contribution in [0.3, 0.4) is 0 Å². The van der Waals surface area contributed by atoms with Crippen molar-refractivity contribution in [2.24, 2.45) is 0 Å². The van der Waals surface area contributed by atoms with Gasteiger partial charge < -0.3 is 14.8 Å². The third-order valence-corrected chi connectivity index (χ3v) is 5.29. The van der Waals surface area contributed by atoms with Crippen LogP contribution in [-0.4, -0.2) is 34.5 Å². The number of carbonyl (C=O) groups excluding carboxylic acids is 2. The number of rotatable bonds is 8. The number of alkyl halides is 2. The van der Waals surface area contributed by atoms with Crippen molar-refractivity contribution in [1.29, 1.82) is 0 Å². The molecule has 0 saturated heterocycles. The maximum absolute atomic E-state index is 13.1. The molecular weight excluding hydrogens is 488 g/mol. The third kappa shape index (κ3) is 6.01. The molecule has 1 amide bonds. The first kappa shape index (κ1) is 25.2. The lowest BCUT2D eigenvalue weighted by molar-refractivity contribution is -0.384. The first-order valence-electron chi connectivity index (χ1n) is 10.9. The summed E-state index contributed by atoms with van der Waals surface area (Å²) in [5, 5.41) is 13.9. The summed E-state index contributed by atoms with van der Waals surface area (Å²) in [5.74, 6) is -1.50. The molecule has 0 bridgehead atoms. The van der Waals surface area contributed by atoms with Crippen LogP contribution in [0.4, 0.5) is 20.2 Å². The minimum absolute atomic E-state index is 0.0252. The Bertz CT molecular complexity index is 1480. The second kappa shape index (κ2) is 10.8. The predicted molar refractivity (Wildman–Crippen MR) is 130 cm³/mol. The Hall–Kier alpha value is -4.93. The minimum atomic E-state index is -2.96. The predicted octanol–water partition coefficient (Wildman–Crippen LogP) is 5.60. The van der Waals surface area contributed by atoms with Gasteiger partial charge in [0.2, 0.25) is 0 Å². The van der Waals surface area contributed by atoms with Gasteiger partial charge in [-0.2, -0.15) is 8.78 Å². The number of esters is 1. The second-order valence-electron chi connectivity index (χ2n) is 7.82. The Kier molecular flexibility index (Phi) is 7.33. The van der Waals surface area contributed by atoms with Crippen molar-refractivity contribution in [3.63, 3.8) is 0 Å². The smallest absolute Gasteiger partial charge is 0.387 e. The molecule has 188 valence electrons.